The van der Waals surface area contributed by atoms with Crippen LogP contribution in [0.1, 0.15) is 21.6 Å². The molecular formula is C16H13NO. The number of fused-ring (bicyclic) bond motifs is 1. The van der Waals surface area contributed by atoms with Gasteiger partial charge in [-0.15, -0.1) is 0 Å². The van der Waals surface area contributed by atoms with E-state index in [2.05, 4.69) is 0 Å². The average molecular weight is 235 g/mol. The van der Waals surface area contributed by atoms with Crippen molar-refractivity contribution in [2.24, 2.45) is 0 Å². The fourth-order valence-corrected chi connectivity index (χ4v) is 2.09. The first-order chi connectivity index (χ1) is 8.75. The molecule has 0 aliphatic carbocycles. The lowest BCUT2D eigenvalue weighted by Gasteiger charge is -2.02. The highest BCUT2D eigenvalue weighted by atomic mass is 16.1. The van der Waals surface area contributed by atoms with Crippen LogP contribution in [-0.4, -0.2) is 10.2 Å². The van der Waals surface area contributed by atoms with Crippen LogP contribution in [0.25, 0.3) is 5.52 Å². The van der Waals surface area contributed by atoms with E-state index in [1.807, 2.05) is 72.1 Å². The maximum atomic E-state index is 12.4. The molecular weight excluding hydrogens is 222 g/mol. The smallest absolute Gasteiger partial charge is 0.209 e. The van der Waals surface area contributed by atoms with E-state index in [9.17, 15) is 4.79 Å². The average Bonchev–Trinajstić information content (AvgIpc) is 2.82. The molecule has 2 heteroatoms. The third-order valence-corrected chi connectivity index (χ3v) is 3.11. The molecule has 0 unspecified atom stereocenters. The zero-order chi connectivity index (χ0) is 12.5. The Kier molecular flexibility index (Phi) is 2.49. The second kappa shape index (κ2) is 4.15. The Morgan fingerprint density at radius 1 is 0.944 bits per heavy atom. The lowest BCUT2D eigenvalue weighted by atomic mass is 10.1. The SMILES string of the molecule is Cc1ccc(C(=O)c2ccc3ccccn23)cc1. The Morgan fingerprint density at radius 2 is 1.72 bits per heavy atom. The largest absolute Gasteiger partial charge is 0.314 e. The van der Waals surface area contributed by atoms with Crippen LogP contribution >= 0.6 is 0 Å². The van der Waals surface area contributed by atoms with E-state index in [1.165, 1.54) is 0 Å². The van der Waals surface area contributed by atoms with Gasteiger partial charge in [0.25, 0.3) is 0 Å². The van der Waals surface area contributed by atoms with Crippen LogP contribution in [0, 0.1) is 6.92 Å². The van der Waals surface area contributed by atoms with Crippen molar-refractivity contribution in [2.75, 3.05) is 0 Å². The number of aromatic nitrogens is 1. The summed E-state index contributed by atoms with van der Waals surface area (Å²) in [6.45, 7) is 2.01. The van der Waals surface area contributed by atoms with E-state index >= 15 is 0 Å². The van der Waals surface area contributed by atoms with Crippen LogP contribution in [-0.2, 0) is 0 Å². The number of benzene rings is 1. The number of carbonyl (C=O) groups is 1. The summed E-state index contributed by atoms with van der Waals surface area (Å²) >= 11 is 0. The molecule has 0 saturated carbocycles. The lowest BCUT2D eigenvalue weighted by molar-refractivity contribution is 0.103. The minimum Gasteiger partial charge on any atom is -0.314 e. The topological polar surface area (TPSA) is 21.5 Å². The van der Waals surface area contributed by atoms with Crippen molar-refractivity contribution in [2.45, 2.75) is 6.92 Å². The summed E-state index contributed by atoms with van der Waals surface area (Å²) < 4.78 is 1.92. The first-order valence-corrected chi connectivity index (χ1v) is 5.93. The Morgan fingerprint density at radius 3 is 2.50 bits per heavy atom. The summed E-state index contributed by atoms with van der Waals surface area (Å²) in [5.74, 6) is 0.0567. The zero-order valence-corrected chi connectivity index (χ0v) is 10.1. The van der Waals surface area contributed by atoms with Crippen LogP contribution in [0.3, 0.4) is 0 Å². The van der Waals surface area contributed by atoms with Crippen LogP contribution < -0.4 is 0 Å². The number of ketones is 1. The molecule has 1 aromatic carbocycles. The molecule has 0 amide bonds. The number of nitrogens with zero attached hydrogens (tertiary/aromatic N) is 1. The van der Waals surface area contributed by atoms with Gasteiger partial charge in [0.2, 0.25) is 5.78 Å². The fourth-order valence-electron chi connectivity index (χ4n) is 2.09. The standard InChI is InChI=1S/C16H13NO/c1-12-5-7-13(8-6-12)16(18)15-10-9-14-4-2-3-11-17(14)15/h2-11H,1H3. The number of pyridine rings is 1. The number of hydrogen-bond acceptors (Lipinski definition) is 1. The number of aryl methyl sites for hydroxylation is 1. The minimum atomic E-state index is 0.0567. The minimum absolute atomic E-state index is 0.0567. The highest BCUT2D eigenvalue weighted by molar-refractivity contribution is 6.08. The van der Waals surface area contributed by atoms with Crippen molar-refractivity contribution < 1.29 is 4.79 Å². The van der Waals surface area contributed by atoms with Gasteiger partial charge < -0.3 is 4.40 Å². The predicted molar refractivity (Wildman–Crippen MR) is 72.0 cm³/mol. The van der Waals surface area contributed by atoms with Gasteiger partial charge in [-0.05, 0) is 31.2 Å². The molecule has 18 heavy (non-hydrogen) atoms. The molecule has 0 saturated heterocycles. The summed E-state index contributed by atoms with van der Waals surface area (Å²) in [6.07, 6.45) is 1.91. The monoisotopic (exact) mass is 235 g/mol. The third kappa shape index (κ3) is 1.72. The molecule has 3 rings (SSSR count). The summed E-state index contributed by atoms with van der Waals surface area (Å²) in [6, 6.07) is 17.4. The van der Waals surface area contributed by atoms with Gasteiger partial charge in [-0.25, -0.2) is 0 Å². The molecule has 0 aliphatic rings. The predicted octanol–water partition coefficient (Wildman–Crippen LogP) is 3.48. The molecule has 2 aromatic heterocycles. The normalized spacial score (nSPS) is 10.7. The van der Waals surface area contributed by atoms with E-state index in [4.69, 9.17) is 0 Å². The van der Waals surface area contributed by atoms with Gasteiger partial charge >= 0.3 is 0 Å². The van der Waals surface area contributed by atoms with Crippen molar-refractivity contribution in [3.05, 3.63) is 77.6 Å². The van der Waals surface area contributed by atoms with Crippen molar-refractivity contribution in [3.63, 3.8) is 0 Å². The van der Waals surface area contributed by atoms with Gasteiger partial charge in [0.05, 0.1) is 5.69 Å². The molecule has 0 fully saturated rings. The lowest BCUT2D eigenvalue weighted by Crippen LogP contribution is -2.04. The Bertz CT molecular complexity index is 707. The zero-order valence-electron chi connectivity index (χ0n) is 10.1. The summed E-state index contributed by atoms with van der Waals surface area (Å²) in [4.78, 5) is 12.4. The van der Waals surface area contributed by atoms with Crippen molar-refractivity contribution in [1.29, 1.82) is 0 Å². The van der Waals surface area contributed by atoms with E-state index in [-0.39, 0.29) is 5.78 Å². The molecule has 0 radical (unpaired) electrons. The fraction of sp³-hybridized carbons (Fsp3) is 0.0625. The van der Waals surface area contributed by atoms with Crippen LogP contribution in [0.15, 0.2) is 60.8 Å². The maximum absolute atomic E-state index is 12.4. The Hall–Kier alpha value is -2.35. The van der Waals surface area contributed by atoms with Crippen LogP contribution in [0.2, 0.25) is 0 Å². The summed E-state index contributed by atoms with van der Waals surface area (Å²) in [7, 11) is 0. The molecule has 2 nitrogen and oxygen atoms in total. The molecule has 0 N–H and O–H groups in total. The van der Waals surface area contributed by atoms with Crippen molar-refractivity contribution in [1.82, 2.24) is 4.40 Å². The Balaban J connectivity index is 2.09. The van der Waals surface area contributed by atoms with Crippen LogP contribution in [0.4, 0.5) is 0 Å². The van der Waals surface area contributed by atoms with Gasteiger partial charge in [-0.3, -0.25) is 4.79 Å². The molecule has 2 heterocycles. The molecule has 88 valence electrons. The second-order valence-electron chi connectivity index (χ2n) is 4.41. The van der Waals surface area contributed by atoms with E-state index in [1.54, 1.807) is 0 Å². The molecule has 0 aliphatic heterocycles. The highest BCUT2D eigenvalue weighted by Crippen LogP contribution is 2.15. The van der Waals surface area contributed by atoms with Crippen molar-refractivity contribution >= 4 is 11.3 Å². The second-order valence-corrected chi connectivity index (χ2v) is 4.41. The van der Waals surface area contributed by atoms with Crippen LogP contribution in [0.5, 0.6) is 0 Å². The number of hydrogen-bond donors (Lipinski definition) is 0. The van der Waals surface area contributed by atoms with Gasteiger partial charge in [0.15, 0.2) is 0 Å². The van der Waals surface area contributed by atoms with Crippen molar-refractivity contribution in [3.8, 4) is 0 Å². The first kappa shape index (κ1) is 10.8. The van der Waals surface area contributed by atoms with E-state index in [0.29, 0.717) is 5.69 Å². The highest BCUT2D eigenvalue weighted by Gasteiger charge is 2.12. The molecule has 3 aromatic rings. The Labute approximate surface area is 105 Å². The number of rotatable bonds is 2. The van der Waals surface area contributed by atoms with Gasteiger partial charge in [0.1, 0.15) is 0 Å². The summed E-state index contributed by atoms with van der Waals surface area (Å²) in [5.41, 5.74) is 3.62. The third-order valence-electron chi connectivity index (χ3n) is 3.11. The molecule has 0 spiro atoms. The van der Waals surface area contributed by atoms with Gasteiger partial charge in [0, 0.05) is 17.3 Å². The van der Waals surface area contributed by atoms with Gasteiger partial charge in [-0.1, -0.05) is 35.9 Å². The summed E-state index contributed by atoms with van der Waals surface area (Å²) in [5, 5.41) is 0. The van der Waals surface area contributed by atoms with Gasteiger partial charge in [-0.2, -0.15) is 0 Å². The molecule has 0 bridgehead atoms. The molecule has 0 atom stereocenters. The van der Waals surface area contributed by atoms with E-state index in [0.717, 1.165) is 16.6 Å². The number of carbonyl (C=O) groups excluding carboxylic acids is 1. The quantitative estimate of drug-likeness (QED) is 0.623. The van der Waals surface area contributed by atoms with E-state index < -0.39 is 0 Å². The first-order valence-electron chi connectivity index (χ1n) is 5.93. The maximum Gasteiger partial charge on any atom is 0.209 e.